The molecule has 0 aromatic rings. The number of hydrogen-bond acceptors (Lipinski definition) is 9. The molecule has 0 radical (unpaired) electrons. The predicted octanol–water partition coefficient (Wildman–Crippen LogP) is 6.49. The fourth-order valence-electron chi connectivity index (χ4n) is 10.6. The highest BCUT2D eigenvalue weighted by molar-refractivity contribution is 5.92. The van der Waals surface area contributed by atoms with Crippen molar-refractivity contribution in [3.63, 3.8) is 0 Å². The van der Waals surface area contributed by atoms with Gasteiger partial charge in [-0.25, -0.2) is 0 Å². The average Bonchev–Trinajstić information content (AvgIpc) is 3.71. The standard InChI is InChI=1S/C41H61NO8/c1-23-8-7-9-36-39(21-26(4)27(5)22-42-36)12-11-31(35-18-25(3)38(46)47-35)28(6)32(39)17-24(2)33(43)19-29-10-13-40(48-29)14-15-41(50-40)37(45)34(44)20-30(16-23)49-41/h17,25-27,29-30,32-35,37,43-45H,1,7-16,18-22H2,2-6H3. The molecule has 0 amide bonds. The third-order valence-electron chi connectivity index (χ3n) is 13.9. The van der Waals surface area contributed by atoms with Crippen LogP contribution in [0.15, 0.2) is 39.9 Å². The molecule has 0 aromatic heterocycles. The first-order valence-corrected chi connectivity index (χ1v) is 19.6. The molecule has 9 heteroatoms. The minimum atomic E-state index is -1.31. The Morgan fingerprint density at radius 2 is 1.72 bits per heavy atom. The molecule has 4 bridgehead atoms. The van der Waals surface area contributed by atoms with Crippen LogP contribution in [0.4, 0.5) is 0 Å². The largest absolute Gasteiger partial charge is 0.458 e. The van der Waals surface area contributed by atoms with E-state index in [1.165, 1.54) is 16.9 Å². The molecule has 50 heavy (non-hydrogen) atoms. The van der Waals surface area contributed by atoms with Gasteiger partial charge in [0.1, 0.15) is 12.2 Å². The quantitative estimate of drug-likeness (QED) is 0.210. The van der Waals surface area contributed by atoms with E-state index in [4.69, 9.17) is 23.9 Å². The molecule has 13 atom stereocenters. The molecule has 4 fully saturated rings. The summed E-state index contributed by atoms with van der Waals surface area (Å²) >= 11 is 0. The van der Waals surface area contributed by atoms with E-state index in [2.05, 4.69) is 33.4 Å². The Kier molecular flexibility index (Phi) is 10.1. The summed E-state index contributed by atoms with van der Waals surface area (Å²) in [6, 6.07) is 0. The number of esters is 1. The van der Waals surface area contributed by atoms with Gasteiger partial charge in [0.25, 0.3) is 0 Å². The van der Waals surface area contributed by atoms with E-state index in [9.17, 15) is 20.1 Å². The normalized spacial score (nSPS) is 47.6. The Morgan fingerprint density at radius 1 is 0.920 bits per heavy atom. The number of ether oxygens (including phenoxy) is 4. The monoisotopic (exact) mass is 695 g/mol. The second kappa shape index (κ2) is 13.8. The smallest absolute Gasteiger partial charge is 0.309 e. The Bertz CT molecular complexity index is 1440. The number of aliphatic hydroxyl groups is 3. The van der Waals surface area contributed by atoms with Crippen LogP contribution in [-0.2, 0) is 23.7 Å². The molecular weight excluding hydrogens is 634 g/mol. The van der Waals surface area contributed by atoms with Crippen molar-refractivity contribution in [1.82, 2.24) is 0 Å². The highest BCUT2D eigenvalue weighted by Crippen LogP contribution is 2.55. The number of aliphatic hydroxyl groups excluding tert-OH is 3. The summed E-state index contributed by atoms with van der Waals surface area (Å²) in [5, 5.41) is 33.9. The van der Waals surface area contributed by atoms with E-state index in [1.807, 2.05) is 13.8 Å². The predicted molar refractivity (Wildman–Crippen MR) is 190 cm³/mol. The average molecular weight is 696 g/mol. The minimum absolute atomic E-state index is 0.0248. The fourth-order valence-corrected chi connectivity index (χ4v) is 10.6. The van der Waals surface area contributed by atoms with Crippen LogP contribution in [0.25, 0.3) is 0 Å². The second-order valence-electron chi connectivity index (χ2n) is 17.4. The lowest BCUT2D eigenvalue weighted by atomic mass is 9.56. The van der Waals surface area contributed by atoms with Gasteiger partial charge in [-0.15, -0.1) is 0 Å². The van der Waals surface area contributed by atoms with Gasteiger partial charge in [-0.05, 0) is 88.2 Å². The van der Waals surface area contributed by atoms with E-state index in [0.717, 1.165) is 69.1 Å². The molecule has 9 nitrogen and oxygen atoms in total. The zero-order chi connectivity index (χ0) is 35.6. The van der Waals surface area contributed by atoms with Gasteiger partial charge < -0.3 is 34.3 Å². The summed E-state index contributed by atoms with van der Waals surface area (Å²) in [6.45, 7) is 16.2. The van der Waals surface area contributed by atoms with Crippen LogP contribution in [0.5, 0.6) is 0 Å². The summed E-state index contributed by atoms with van der Waals surface area (Å²) in [5.74, 6) is -1.46. The summed E-state index contributed by atoms with van der Waals surface area (Å²) in [6.07, 6.45) is 8.66. The Labute approximate surface area is 298 Å². The number of carbonyl (C=O) groups is 1. The van der Waals surface area contributed by atoms with E-state index in [0.29, 0.717) is 50.4 Å². The number of hydrogen-bond donors (Lipinski definition) is 3. The highest BCUT2D eigenvalue weighted by Gasteiger charge is 2.61. The van der Waals surface area contributed by atoms with Gasteiger partial charge in [0.2, 0.25) is 5.79 Å². The summed E-state index contributed by atoms with van der Waals surface area (Å²) in [5.41, 5.74) is 5.58. The first-order valence-electron chi connectivity index (χ1n) is 19.6. The van der Waals surface area contributed by atoms with Crippen LogP contribution in [0.1, 0.15) is 125 Å². The lowest BCUT2D eigenvalue weighted by molar-refractivity contribution is -0.375. The van der Waals surface area contributed by atoms with Crippen molar-refractivity contribution in [1.29, 1.82) is 0 Å². The van der Waals surface area contributed by atoms with Crippen LogP contribution in [0.3, 0.4) is 0 Å². The van der Waals surface area contributed by atoms with Crippen LogP contribution in [0, 0.1) is 29.1 Å². The molecule has 0 aromatic carbocycles. The maximum atomic E-state index is 12.6. The van der Waals surface area contributed by atoms with Crippen molar-refractivity contribution in [3.05, 3.63) is 34.9 Å². The van der Waals surface area contributed by atoms with Gasteiger partial charge in [-0.1, -0.05) is 44.6 Å². The molecule has 4 saturated heterocycles. The molecule has 3 spiro atoms. The Morgan fingerprint density at radius 3 is 2.48 bits per heavy atom. The number of carbonyl (C=O) groups excluding carboxylic acids is 1. The molecule has 7 aliphatic rings. The highest BCUT2D eigenvalue weighted by atomic mass is 16.8. The first kappa shape index (κ1) is 36.5. The third kappa shape index (κ3) is 6.62. The zero-order valence-corrected chi connectivity index (χ0v) is 31.0. The molecule has 0 saturated carbocycles. The van der Waals surface area contributed by atoms with Crippen molar-refractivity contribution < 1.29 is 39.1 Å². The van der Waals surface area contributed by atoms with Crippen LogP contribution >= 0.6 is 0 Å². The number of rotatable bonds is 1. The summed E-state index contributed by atoms with van der Waals surface area (Å²) < 4.78 is 25.7. The Balaban J connectivity index is 1.26. The van der Waals surface area contributed by atoms with Crippen LogP contribution in [-0.4, -0.2) is 81.7 Å². The minimum Gasteiger partial charge on any atom is -0.458 e. The van der Waals surface area contributed by atoms with Crippen molar-refractivity contribution >= 4 is 11.7 Å². The zero-order valence-electron chi connectivity index (χ0n) is 31.0. The van der Waals surface area contributed by atoms with E-state index in [-0.39, 0.29) is 41.5 Å². The topological polar surface area (TPSA) is 127 Å². The molecule has 13 unspecified atom stereocenters. The van der Waals surface area contributed by atoms with Crippen molar-refractivity contribution in [2.45, 2.75) is 173 Å². The van der Waals surface area contributed by atoms with Gasteiger partial charge in [0.05, 0.1) is 30.3 Å². The third-order valence-corrected chi connectivity index (χ3v) is 13.9. The van der Waals surface area contributed by atoms with Crippen molar-refractivity contribution in [3.8, 4) is 0 Å². The van der Waals surface area contributed by atoms with Crippen molar-refractivity contribution in [2.75, 3.05) is 6.54 Å². The summed E-state index contributed by atoms with van der Waals surface area (Å²) in [4.78, 5) is 18.0. The number of allylic oxidation sites excluding steroid dienone is 2. The van der Waals surface area contributed by atoms with Gasteiger partial charge >= 0.3 is 5.97 Å². The fraction of sp³-hybridized carbons (Fsp3) is 0.805. The van der Waals surface area contributed by atoms with Gasteiger partial charge in [-0.3, -0.25) is 9.79 Å². The Hall–Kier alpha value is -1.88. The second-order valence-corrected chi connectivity index (χ2v) is 17.4. The van der Waals surface area contributed by atoms with E-state index in [1.54, 1.807) is 0 Å². The lowest BCUT2D eigenvalue weighted by Gasteiger charge is -2.47. The van der Waals surface area contributed by atoms with Crippen LogP contribution < -0.4 is 0 Å². The lowest BCUT2D eigenvalue weighted by Crippen LogP contribution is -2.58. The van der Waals surface area contributed by atoms with E-state index >= 15 is 0 Å². The molecule has 6 heterocycles. The number of aliphatic imine (C=N–C) groups is 1. The number of fused-ring (bicyclic) bond motifs is 2. The maximum Gasteiger partial charge on any atom is 0.309 e. The SMILES string of the molecule is C=C1CCCC2=NCC(C)C(C)CC23CCC(C2CC(C)C(=O)O2)=C(C)C3C=C(C)C(O)CC2CCC3(CCC4(OC(C1)CC(O)C4O)O3)O2. The molecule has 6 aliphatic heterocycles. The van der Waals surface area contributed by atoms with Gasteiger partial charge in [0.15, 0.2) is 5.79 Å². The van der Waals surface area contributed by atoms with Gasteiger partial charge in [-0.2, -0.15) is 0 Å². The molecular formula is C41H61NO8. The van der Waals surface area contributed by atoms with E-state index < -0.39 is 29.9 Å². The molecule has 278 valence electrons. The number of nitrogens with zero attached hydrogens (tertiary/aromatic N) is 1. The molecule has 7 rings (SSSR count). The molecule has 3 N–H and O–H groups in total. The first-order chi connectivity index (χ1) is 23.7. The molecule has 1 aliphatic carbocycles. The van der Waals surface area contributed by atoms with Crippen LogP contribution in [0.2, 0.25) is 0 Å². The summed E-state index contributed by atoms with van der Waals surface area (Å²) in [7, 11) is 0. The van der Waals surface area contributed by atoms with Gasteiger partial charge in [0, 0.05) is 62.1 Å². The number of cyclic esters (lactones) is 1. The van der Waals surface area contributed by atoms with Crippen molar-refractivity contribution in [2.24, 2.45) is 34.1 Å². The maximum absolute atomic E-state index is 12.6.